The van der Waals surface area contributed by atoms with Gasteiger partial charge in [-0.2, -0.15) is 0 Å². The third-order valence-corrected chi connectivity index (χ3v) is 2.10. The van der Waals surface area contributed by atoms with Crippen LogP contribution in [-0.4, -0.2) is 18.3 Å². The van der Waals surface area contributed by atoms with Crippen molar-refractivity contribution in [2.75, 3.05) is 0 Å². The summed E-state index contributed by atoms with van der Waals surface area (Å²) in [5.74, 6) is -1.92. The highest BCUT2D eigenvalue weighted by atomic mass is 19.3. The molecule has 0 aliphatic heterocycles. The Kier molecular flexibility index (Phi) is 2.94. The van der Waals surface area contributed by atoms with Gasteiger partial charge in [0, 0.05) is 4.53 Å². The van der Waals surface area contributed by atoms with Gasteiger partial charge in [0.15, 0.2) is 0 Å². The van der Waals surface area contributed by atoms with Crippen LogP contribution in [0.1, 0.15) is 19.3 Å². The van der Waals surface area contributed by atoms with E-state index in [2.05, 4.69) is 4.94 Å². The van der Waals surface area contributed by atoms with Gasteiger partial charge >= 0.3 is 5.97 Å². The molecule has 0 aromatic rings. The minimum absolute atomic E-state index is 0.0407. The van der Waals surface area contributed by atoms with E-state index in [0.717, 1.165) is 0 Å². The maximum absolute atomic E-state index is 12.6. The lowest BCUT2D eigenvalue weighted by Gasteiger charge is -2.24. The number of carbonyl (C=O) groups excluding carboxylic acids is 1. The minimum Gasteiger partial charge on any atom is -0.255 e. The molecule has 0 heterocycles. The zero-order valence-electron chi connectivity index (χ0n) is 6.30. The van der Waals surface area contributed by atoms with Crippen molar-refractivity contribution >= 4 is 5.97 Å². The largest absolute Gasteiger partial charge is 0.351 e. The highest BCUT2D eigenvalue weighted by molar-refractivity contribution is 5.71. The molecule has 1 aliphatic carbocycles. The molecule has 0 radical (unpaired) electrons. The summed E-state index contributed by atoms with van der Waals surface area (Å²) in [6.07, 6.45) is -3.34. The van der Waals surface area contributed by atoms with Crippen LogP contribution < -0.4 is 0 Å². The van der Waals surface area contributed by atoms with Gasteiger partial charge in [-0.25, -0.2) is 13.6 Å². The number of hydrogen-bond donors (Lipinski definition) is 0. The van der Waals surface area contributed by atoms with E-state index in [1.807, 2.05) is 0 Å². The minimum atomic E-state index is -1.66. The van der Waals surface area contributed by atoms with Crippen LogP contribution >= 0.6 is 0 Å². The van der Waals surface area contributed by atoms with Crippen molar-refractivity contribution in [3.63, 3.8) is 0 Å². The van der Waals surface area contributed by atoms with Gasteiger partial charge in [0.25, 0.3) is 0 Å². The highest BCUT2D eigenvalue weighted by Gasteiger charge is 2.35. The molecular weight excluding hydrogens is 173 g/mol. The van der Waals surface area contributed by atoms with Gasteiger partial charge < -0.3 is 0 Å². The van der Waals surface area contributed by atoms with Crippen molar-refractivity contribution in [3.05, 3.63) is 0 Å². The first-order valence-electron chi connectivity index (χ1n) is 3.75. The quantitative estimate of drug-likeness (QED) is 0.619. The van der Waals surface area contributed by atoms with E-state index in [4.69, 9.17) is 0 Å². The van der Waals surface area contributed by atoms with Crippen LogP contribution in [0.4, 0.5) is 13.3 Å². The molecule has 0 bridgehead atoms. The normalized spacial score (nSPS) is 36.1. The Labute approximate surface area is 67.6 Å². The molecule has 3 atom stereocenters. The van der Waals surface area contributed by atoms with Crippen molar-refractivity contribution in [1.29, 1.82) is 0 Å². The Morgan fingerprint density at radius 3 is 2.42 bits per heavy atom. The van der Waals surface area contributed by atoms with E-state index in [0.29, 0.717) is 0 Å². The van der Waals surface area contributed by atoms with Gasteiger partial charge in [-0.3, -0.25) is 4.94 Å². The fraction of sp³-hybridized carbons (Fsp3) is 0.857. The van der Waals surface area contributed by atoms with Gasteiger partial charge in [0.2, 0.25) is 0 Å². The molecule has 0 saturated heterocycles. The zero-order chi connectivity index (χ0) is 9.14. The molecule has 0 aromatic carbocycles. The lowest BCUT2D eigenvalue weighted by molar-refractivity contribution is -0.191. The second-order valence-electron chi connectivity index (χ2n) is 2.94. The highest BCUT2D eigenvalue weighted by Crippen LogP contribution is 2.29. The van der Waals surface area contributed by atoms with Crippen LogP contribution in [0.15, 0.2) is 0 Å². The molecule has 0 N–H and O–H groups in total. The molecule has 0 spiro atoms. The second kappa shape index (κ2) is 3.78. The predicted octanol–water partition coefficient (Wildman–Crippen LogP) is 1.89. The molecule has 1 saturated carbocycles. The standard InChI is InChI=1S/C7H9F3O2/c8-5-2-1-4(3-6(5)9)7(11)12-10/h4-6H,1-3H2. The summed E-state index contributed by atoms with van der Waals surface area (Å²) in [6, 6.07) is 0. The molecule has 1 rings (SSSR count). The summed E-state index contributed by atoms with van der Waals surface area (Å²) in [6.45, 7) is 0. The number of halogens is 3. The summed E-state index contributed by atoms with van der Waals surface area (Å²) in [5, 5.41) is 0. The average molecular weight is 182 g/mol. The van der Waals surface area contributed by atoms with E-state index in [1.165, 1.54) is 0 Å². The van der Waals surface area contributed by atoms with Crippen molar-refractivity contribution in [2.45, 2.75) is 31.6 Å². The molecular formula is C7H9F3O2. The van der Waals surface area contributed by atoms with Crippen LogP contribution in [0.25, 0.3) is 0 Å². The fourth-order valence-corrected chi connectivity index (χ4v) is 1.36. The van der Waals surface area contributed by atoms with E-state index in [1.54, 1.807) is 0 Å². The number of rotatable bonds is 1. The molecule has 12 heavy (non-hydrogen) atoms. The topological polar surface area (TPSA) is 26.3 Å². The first kappa shape index (κ1) is 9.35. The van der Waals surface area contributed by atoms with E-state index in [9.17, 15) is 18.1 Å². The molecule has 0 aromatic heterocycles. The molecule has 1 fully saturated rings. The summed E-state index contributed by atoms with van der Waals surface area (Å²) in [5.41, 5.74) is 0. The van der Waals surface area contributed by atoms with Crippen LogP contribution in [0, 0.1) is 5.92 Å². The van der Waals surface area contributed by atoms with Gasteiger partial charge in [-0.15, -0.1) is 0 Å². The zero-order valence-corrected chi connectivity index (χ0v) is 6.30. The number of alkyl halides is 2. The van der Waals surface area contributed by atoms with E-state index < -0.39 is 24.2 Å². The summed E-state index contributed by atoms with van der Waals surface area (Å²) in [4.78, 5) is 13.5. The third-order valence-electron chi connectivity index (χ3n) is 2.10. The summed E-state index contributed by atoms with van der Waals surface area (Å²) in [7, 11) is 0. The lowest BCUT2D eigenvalue weighted by atomic mass is 9.87. The van der Waals surface area contributed by atoms with Crippen LogP contribution in [-0.2, 0) is 9.74 Å². The molecule has 5 heteroatoms. The van der Waals surface area contributed by atoms with E-state index >= 15 is 0 Å². The third kappa shape index (κ3) is 1.89. The Balaban J connectivity index is 2.45. The Morgan fingerprint density at radius 1 is 1.25 bits per heavy atom. The maximum atomic E-state index is 12.6. The lowest BCUT2D eigenvalue weighted by Crippen LogP contribution is -2.31. The second-order valence-corrected chi connectivity index (χ2v) is 2.94. The Bertz CT molecular complexity index is 174. The maximum Gasteiger partial charge on any atom is 0.351 e. The predicted molar refractivity (Wildman–Crippen MR) is 34.3 cm³/mol. The van der Waals surface area contributed by atoms with Crippen molar-refractivity contribution < 1.29 is 23.0 Å². The van der Waals surface area contributed by atoms with Gasteiger partial charge in [-0.05, 0) is 19.3 Å². The Morgan fingerprint density at radius 2 is 1.92 bits per heavy atom. The van der Waals surface area contributed by atoms with Gasteiger partial charge in [0.1, 0.15) is 12.3 Å². The smallest absolute Gasteiger partial charge is 0.255 e. The summed E-state index contributed by atoms with van der Waals surface area (Å²) >= 11 is 0. The molecule has 0 amide bonds. The Hall–Kier alpha value is -0.740. The van der Waals surface area contributed by atoms with Crippen molar-refractivity contribution in [2.24, 2.45) is 5.92 Å². The number of carbonyl (C=O) groups is 1. The monoisotopic (exact) mass is 182 g/mol. The van der Waals surface area contributed by atoms with E-state index in [-0.39, 0.29) is 19.3 Å². The van der Waals surface area contributed by atoms with Crippen molar-refractivity contribution in [3.8, 4) is 0 Å². The van der Waals surface area contributed by atoms with Gasteiger partial charge in [0.05, 0.1) is 5.92 Å². The van der Waals surface area contributed by atoms with Crippen LogP contribution in [0.5, 0.6) is 0 Å². The molecule has 70 valence electrons. The van der Waals surface area contributed by atoms with Crippen LogP contribution in [0.2, 0.25) is 0 Å². The molecule has 3 unspecified atom stereocenters. The van der Waals surface area contributed by atoms with Crippen LogP contribution in [0.3, 0.4) is 0 Å². The molecule has 1 aliphatic rings. The molecule has 2 nitrogen and oxygen atoms in total. The summed E-state index contributed by atoms with van der Waals surface area (Å²) < 4.78 is 36.4. The average Bonchev–Trinajstić information content (AvgIpc) is 2.08. The fourth-order valence-electron chi connectivity index (χ4n) is 1.36. The first-order valence-corrected chi connectivity index (χ1v) is 3.75. The van der Waals surface area contributed by atoms with Crippen molar-refractivity contribution in [1.82, 2.24) is 0 Å². The number of hydrogen-bond acceptors (Lipinski definition) is 2. The SMILES string of the molecule is O=C(OF)C1CCC(F)C(F)C1. The first-order chi connectivity index (χ1) is 5.65. The van der Waals surface area contributed by atoms with Gasteiger partial charge in [-0.1, -0.05) is 0 Å².